The first-order valence-electron chi connectivity index (χ1n) is 7.20. The van der Waals surface area contributed by atoms with E-state index in [1.807, 2.05) is 13.8 Å². The Balaban J connectivity index is 0. The largest absolute Gasteiger partial charge is 0.396 e. The summed E-state index contributed by atoms with van der Waals surface area (Å²) in [7, 11) is -1.44. The van der Waals surface area contributed by atoms with Crippen molar-refractivity contribution in [2.45, 2.75) is 67.4 Å². The van der Waals surface area contributed by atoms with Gasteiger partial charge in [-0.05, 0) is 17.4 Å². The van der Waals surface area contributed by atoms with Crippen LogP contribution in [0.25, 0.3) is 0 Å². The molecule has 0 saturated carbocycles. The zero-order valence-electron chi connectivity index (χ0n) is 13.2. The Morgan fingerprint density at radius 3 is 1.41 bits per heavy atom. The van der Waals surface area contributed by atoms with Crippen molar-refractivity contribution in [2.75, 3.05) is 13.2 Å². The van der Waals surface area contributed by atoms with Gasteiger partial charge in [0.1, 0.15) is 0 Å². The highest BCUT2D eigenvalue weighted by Gasteiger charge is 2.21. The lowest BCUT2D eigenvalue weighted by Crippen LogP contribution is -2.30. The first-order valence-corrected chi connectivity index (χ1v) is 8.81. The van der Waals surface area contributed by atoms with E-state index >= 15 is 0 Å². The molecule has 0 radical (unpaired) electrons. The lowest BCUT2D eigenvalue weighted by molar-refractivity contribution is 0.156. The molecule has 0 aromatic carbocycles. The number of hydrogen-bond acceptors (Lipinski definition) is 2. The van der Waals surface area contributed by atoms with Gasteiger partial charge in [0, 0.05) is 13.2 Å². The summed E-state index contributed by atoms with van der Waals surface area (Å²) in [6.07, 6.45) is 1.16. The zero-order chi connectivity index (χ0) is 13.8. The van der Waals surface area contributed by atoms with Crippen molar-refractivity contribution < 1.29 is 8.85 Å². The molecule has 106 valence electrons. The fourth-order valence-electron chi connectivity index (χ4n) is 1.14. The van der Waals surface area contributed by atoms with Crippen LogP contribution in [-0.4, -0.2) is 22.5 Å². The van der Waals surface area contributed by atoms with Crippen LogP contribution in [0.3, 0.4) is 0 Å². The highest BCUT2D eigenvalue weighted by atomic mass is 28.3. The lowest BCUT2D eigenvalue weighted by Gasteiger charge is -2.23. The summed E-state index contributed by atoms with van der Waals surface area (Å²) < 4.78 is 11.8. The Kier molecular flexibility index (Phi) is 14.4. The van der Waals surface area contributed by atoms with Crippen molar-refractivity contribution in [1.82, 2.24) is 0 Å². The van der Waals surface area contributed by atoms with Gasteiger partial charge in [-0.2, -0.15) is 0 Å². The molecule has 0 saturated heterocycles. The van der Waals surface area contributed by atoms with Crippen LogP contribution in [0.4, 0.5) is 0 Å². The maximum atomic E-state index is 5.92. The van der Waals surface area contributed by atoms with E-state index in [0.717, 1.165) is 19.6 Å². The molecule has 3 heteroatoms. The van der Waals surface area contributed by atoms with Gasteiger partial charge in [-0.15, -0.1) is 0 Å². The fraction of sp³-hybridized carbons (Fsp3) is 1.00. The molecule has 0 aliphatic carbocycles. The molecule has 0 N–H and O–H groups in total. The quantitative estimate of drug-likeness (QED) is 0.604. The molecule has 0 aliphatic rings. The van der Waals surface area contributed by atoms with E-state index in [0.29, 0.717) is 17.4 Å². The van der Waals surface area contributed by atoms with Crippen LogP contribution in [-0.2, 0) is 8.85 Å². The molecule has 0 aromatic rings. The van der Waals surface area contributed by atoms with Crippen LogP contribution in [0.15, 0.2) is 0 Å². The van der Waals surface area contributed by atoms with Gasteiger partial charge in [0.2, 0.25) is 0 Å². The molecule has 0 bridgehead atoms. The highest BCUT2D eigenvalue weighted by Crippen LogP contribution is 2.17. The summed E-state index contributed by atoms with van der Waals surface area (Å²) in [6, 6.07) is 0. The van der Waals surface area contributed by atoms with E-state index in [4.69, 9.17) is 8.85 Å². The molecule has 0 heterocycles. The van der Waals surface area contributed by atoms with Crippen molar-refractivity contribution in [3.05, 3.63) is 0 Å². The third kappa shape index (κ3) is 12.4. The molecule has 1 unspecified atom stereocenters. The van der Waals surface area contributed by atoms with Crippen LogP contribution >= 0.6 is 0 Å². The van der Waals surface area contributed by atoms with Crippen LogP contribution in [0, 0.1) is 11.8 Å². The lowest BCUT2D eigenvalue weighted by atomic mass is 10.2. The van der Waals surface area contributed by atoms with Crippen molar-refractivity contribution in [2.24, 2.45) is 11.8 Å². The molecular formula is C14H34O2Si. The summed E-state index contributed by atoms with van der Waals surface area (Å²) in [6.45, 7) is 18.9. The second kappa shape index (κ2) is 12.6. The van der Waals surface area contributed by atoms with Crippen molar-refractivity contribution in [1.29, 1.82) is 0 Å². The van der Waals surface area contributed by atoms with E-state index < -0.39 is 9.28 Å². The Labute approximate surface area is 111 Å². The van der Waals surface area contributed by atoms with Gasteiger partial charge in [-0.25, -0.2) is 0 Å². The molecule has 1 atom stereocenters. The van der Waals surface area contributed by atoms with Gasteiger partial charge in [0.05, 0.1) is 0 Å². The summed E-state index contributed by atoms with van der Waals surface area (Å²) in [5.41, 5.74) is 0.613. The Hall–Kier alpha value is 0.137. The second-order valence-corrected chi connectivity index (χ2v) is 7.75. The Bertz CT molecular complexity index is 137. The van der Waals surface area contributed by atoms with Gasteiger partial charge >= 0.3 is 9.28 Å². The molecular weight excluding hydrogens is 228 g/mol. The molecule has 2 nitrogen and oxygen atoms in total. The maximum Gasteiger partial charge on any atom is 0.324 e. The minimum absolute atomic E-state index is 0.603. The first-order chi connectivity index (χ1) is 7.97. The first kappa shape index (κ1) is 19.5. The predicted molar refractivity (Wildman–Crippen MR) is 79.8 cm³/mol. The van der Waals surface area contributed by atoms with Crippen LogP contribution in [0.1, 0.15) is 61.8 Å². The summed E-state index contributed by atoms with van der Waals surface area (Å²) in [4.78, 5) is 0. The number of rotatable bonds is 8. The SMILES string of the molecule is CC.CCC(C)[SiH](OCC(C)C)OCC(C)C. The van der Waals surface area contributed by atoms with E-state index in [-0.39, 0.29) is 0 Å². The van der Waals surface area contributed by atoms with Crippen molar-refractivity contribution in [3.8, 4) is 0 Å². The summed E-state index contributed by atoms with van der Waals surface area (Å²) in [5, 5.41) is 0. The van der Waals surface area contributed by atoms with Gasteiger partial charge in [0.25, 0.3) is 0 Å². The standard InChI is InChI=1S/C12H28O2Si.C2H6/c1-7-12(6)15(13-8-10(2)3)14-9-11(4)5;1-2/h10-12,15H,7-9H2,1-6H3;1-2H3. The summed E-state index contributed by atoms with van der Waals surface area (Å²) in [5.74, 6) is 1.21. The van der Waals surface area contributed by atoms with Gasteiger partial charge in [-0.3, -0.25) is 0 Å². The third-order valence-electron chi connectivity index (χ3n) is 2.30. The molecule has 0 rings (SSSR count). The normalized spacial score (nSPS) is 12.9. The van der Waals surface area contributed by atoms with Crippen LogP contribution in [0.2, 0.25) is 5.54 Å². The van der Waals surface area contributed by atoms with Gasteiger partial charge in [-0.1, -0.05) is 61.8 Å². The predicted octanol–water partition coefficient (Wildman–Crippen LogP) is 4.38. The average Bonchev–Trinajstić information content (AvgIpc) is 2.30. The monoisotopic (exact) mass is 262 g/mol. The summed E-state index contributed by atoms with van der Waals surface area (Å²) >= 11 is 0. The van der Waals surface area contributed by atoms with Gasteiger partial charge in [0.15, 0.2) is 0 Å². The Morgan fingerprint density at radius 1 is 0.824 bits per heavy atom. The zero-order valence-corrected chi connectivity index (χ0v) is 14.4. The minimum Gasteiger partial charge on any atom is -0.396 e. The molecule has 0 aliphatic heterocycles. The number of hydrogen-bond donors (Lipinski definition) is 0. The highest BCUT2D eigenvalue weighted by molar-refractivity contribution is 6.46. The fourth-order valence-corrected chi connectivity index (χ4v) is 3.43. The molecule has 0 aromatic heterocycles. The van der Waals surface area contributed by atoms with E-state index in [9.17, 15) is 0 Å². The van der Waals surface area contributed by atoms with Crippen molar-refractivity contribution in [3.63, 3.8) is 0 Å². The minimum atomic E-state index is -1.44. The Morgan fingerprint density at radius 2 is 1.18 bits per heavy atom. The van der Waals surface area contributed by atoms with Gasteiger partial charge < -0.3 is 8.85 Å². The van der Waals surface area contributed by atoms with Crippen LogP contribution in [0.5, 0.6) is 0 Å². The van der Waals surface area contributed by atoms with E-state index in [1.165, 1.54) is 0 Å². The molecule has 0 amide bonds. The second-order valence-electron chi connectivity index (χ2n) is 5.21. The van der Waals surface area contributed by atoms with E-state index in [2.05, 4.69) is 41.5 Å². The third-order valence-corrected chi connectivity index (χ3v) is 4.74. The molecule has 0 fully saturated rings. The molecule has 0 spiro atoms. The van der Waals surface area contributed by atoms with E-state index in [1.54, 1.807) is 0 Å². The smallest absolute Gasteiger partial charge is 0.324 e. The van der Waals surface area contributed by atoms with Crippen LogP contribution < -0.4 is 0 Å². The maximum absolute atomic E-state index is 5.92. The molecule has 17 heavy (non-hydrogen) atoms. The topological polar surface area (TPSA) is 18.5 Å². The average molecular weight is 263 g/mol. The van der Waals surface area contributed by atoms with Crippen molar-refractivity contribution >= 4 is 9.28 Å².